The minimum absolute atomic E-state index is 0.00119. The Balaban J connectivity index is 1.37. The predicted molar refractivity (Wildman–Crippen MR) is 119 cm³/mol. The van der Waals surface area contributed by atoms with Gasteiger partial charge in [-0.25, -0.2) is 9.37 Å². The third kappa shape index (κ3) is 4.99. The molecule has 0 atom stereocenters. The molecule has 160 valence electrons. The molecule has 3 aromatic rings. The van der Waals surface area contributed by atoms with Crippen molar-refractivity contribution in [3.05, 3.63) is 76.5 Å². The number of benzene rings is 2. The fourth-order valence-corrected chi connectivity index (χ4v) is 4.56. The number of aryl methyl sites for hydroxylation is 1. The molecule has 0 N–H and O–H groups in total. The molecule has 1 aliphatic rings. The van der Waals surface area contributed by atoms with E-state index < -0.39 is 5.82 Å². The summed E-state index contributed by atoms with van der Waals surface area (Å²) in [5, 5.41) is 2.84. The summed E-state index contributed by atoms with van der Waals surface area (Å²) < 4.78 is 14.0. The van der Waals surface area contributed by atoms with Crippen molar-refractivity contribution in [1.29, 1.82) is 0 Å². The Morgan fingerprint density at radius 3 is 2.61 bits per heavy atom. The van der Waals surface area contributed by atoms with Crippen LogP contribution in [0, 0.1) is 12.7 Å². The number of hydrogen-bond acceptors (Lipinski definition) is 4. The van der Waals surface area contributed by atoms with Gasteiger partial charge in [0.2, 0.25) is 5.91 Å². The minimum atomic E-state index is -0.516. The maximum absolute atomic E-state index is 14.0. The second-order valence-electron chi connectivity index (χ2n) is 7.70. The number of hydrogen-bond donors (Lipinski definition) is 0. The molecule has 0 bridgehead atoms. The highest BCUT2D eigenvalue weighted by Gasteiger charge is 2.24. The van der Waals surface area contributed by atoms with Crippen molar-refractivity contribution in [2.75, 3.05) is 26.2 Å². The Hall–Kier alpha value is -3.06. The number of aromatic nitrogens is 1. The average Bonchev–Trinajstić information content (AvgIpc) is 3.08. The van der Waals surface area contributed by atoms with Gasteiger partial charge in [0.25, 0.3) is 5.91 Å². The number of carbonyl (C=O) groups excluding carboxylic acids is 2. The summed E-state index contributed by atoms with van der Waals surface area (Å²) in [5.41, 5.74) is 3.06. The SMILES string of the molecule is Cc1cccc(-c2nc(CC(=O)N3CCCN(C(=O)c4ccccc4F)CC3)cs2)c1. The third-order valence-electron chi connectivity index (χ3n) is 5.39. The van der Waals surface area contributed by atoms with Crippen LogP contribution in [-0.4, -0.2) is 52.8 Å². The second-order valence-corrected chi connectivity index (χ2v) is 8.55. The van der Waals surface area contributed by atoms with E-state index in [9.17, 15) is 14.0 Å². The molecule has 2 heterocycles. The van der Waals surface area contributed by atoms with E-state index >= 15 is 0 Å². The molecule has 1 aromatic heterocycles. The van der Waals surface area contributed by atoms with Crippen LogP contribution < -0.4 is 0 Å². The summed E-state index contributed by atoms with van der Waals surface area (Å²) in [5.74, 6) is -0.839. The van der Waals surface area contributed by atoms with Crippen LogP contribution in [0.15, 0.2) is 53.9 Å². The Kier molecular flexibility index (Phi) is 6.42. The molecule has 0 saturated carbocycles. The van der Waals surface area contributed by atoms with Crippen molar-refractivity contribution < 1.29 is 14.0 Å². The molecule has 1 aliphatic heterocycles. The van der Waals surface area contributed by atoms with Crippen LogP contribution in [-0.2, 0) is 11.2 Å². The van der Waals surface area contributed by atoms with Crippen LogP contribution in [0.5, 0.6) is 0 Å². The first-order chi connectivity index (χ1) is 15.0. The highest BCUT2D eigenvalue weighted by Crippen LogP contribution is 2.25. The largest absolute Gasteiger partial charge is 0.341 e. The zero-order valence-electron chi connectivity index (χ0n) is 17.4. The molecule has 4 rings (SSSR count). The van der Waals surface area contributed by atoms with Crippen LogP contribution in [0.2, 0.25) is 0 Å². The lowest BCUT2D eigenvalue weighted by Crippen LogP contribution is -2.38. The van der Waals surface area contributed by atoms with Gasteiger partial charge in [-0.3, -0.25) is 9.59 Å². The van der Waals surface area contributed by atoms with E-state index in [-0.39, 0.29) is 23.8 Å². The third-order valence-corrected chi connectivity index (χ3v) is 6.33. The molecule has 0 aliphatic carbocycles. The van der Waals surface area contributed by atoms with E-state index in [0.29, 0.717) is 32.6 Å². The van der Waals surface area contributed by atoms with Crippen molar-refractivity contribution >= 4 is 23.2 Å². The Morgan fingerprint density at radius 1 is 1.03 bits per heavy atom. The summed E-state index contributed by atoms with van der Waals surface area (Å²) in [6.07, 6.45) is 0.904. The van der Waals surface area contributed by atoms with Gasteiger partial charge in [0.1, 0.15) is 10.8 Å². The molecule has 5 nitrogen and oxygen atoms in total. The molecule has 2 amide bonds. The van der Waals surface area contributed by atoms with Gasteiger partial charge in [0, 0.05) is 37.1 Å². The van der Waals surface area contributed by atoms with Crippen LogP contribution in [0.1, 0.15) is 28.0 Å². The smallest absolute Gasteiger partial charge is 0.256 e. The highest BCUT2D eigenvalue weighted by molar-refractivity contribution is 7.13. The first kappa shape index (κ1) is 21.2. The normalized spacial score (nSPS) is 14.4. The summed E-state index contributed by atoms with van der Waals surface area (Å²) in [7, 11) is 0. The number of halogens is 1. The molecule has 7 heteroatoms. The molecule has 1 fully saturated rings. The maximum atomic E-state index is 14.0. The van der Waals surface area contributed by atoms with Gasteiger partial charge in [0.15, 0.2) is 0 Å². The van der Waals surface area contributed by atoms with Crippen LogP contribution in [0.25, 0.3) is 10.6 Å². The molecule has 0 unspecified atom stereocenters. The lowest BCUT2D eigenvalue weighted by molar-refractivity contribution is -0.130. The average molecular weight is 438 g/mol. The number of nitrogens with zero attached hydrogens (tertiary/aromatic N) is 3. The van der Waals surface area contributed by atoms with Gasteiger partial charge in [-0.2, -0.15) is 0 Å². The Bertz CT molecular complexity index is 1100. The van der Waals surface area contributed by atoms with Crippen LogP contribution in [0.3, 0.4) is 0 Å². The predicted octanol–water partition coefficient (Wildman–Crippen LogP) is 4.17. The van der Waals surface area contributed by atoms with Crippen molar-refractivity contribution in [3.63, 3.8) is 0 Å². The van der Waals surface area contributed by atoms with Crippen molar-refractivity contribution in [3.8, 4) is 10.6 Å². The summed E-state index contributed by atoms with van der Waals surface area (Å²) in [4.78, 5) is 33.6. The molecule has 0 radical (unpaired) electrons. The van der Waals surface area contributed by atoms with Crippen molar-refractivity contribution in [2.24, 2.45) is 0 Å². The highest BCUT2D eigenvalue weighted by atomic mass is 32.1. The van der Waals surface area contributed by atoms with E-state index in [2.05, 4.69) is 11.1 Å². The van der Waals surface area contributed by atoms with Crippen molar-refractivity contribution in [2.45, 2.75) is 19.8 Å². The first-order valence-corrected chi connectivity index (χ1v) is 11.2. The van der Waals surface area contributed by atoms with Crippen molar-refractivity contribution in [1.82, 2.24) is 14.8 Å². The summed E-state index contributed by atoms with van der Waals surface area (Å²) >= 11 is 1.54. The van der Waals surface area contributed by atoms with Gasteiger partial charge in [-0.05, 0) is 31.5 Å². The topological polar surface area (TPSA) is 53.5 Å². The van der Waals surface area contributed by atoms with E-state index in [1.165, 1.54) is 29.0 Å². The van der Waals surface area contributed by atoms with Gasteiger partial charge < -0.3 is 9.80 Å². The maximum Gasteiger partial charge on any atom is 0.256 e. The molecular formula is C24H24FN3O2S. The Labute approximate surface area is 185 Å². The van der Waals surface area contributed by atoms with E-state index in [4.69, 9.17) is 0 Å². The molecular weight excluding hydrogens is 413 g/mol. The molecule has 0 spiro atoms. The molecule has 31 heavy (non-hydrogen) atoms. The van der Waals surface area contributed by atoms with Gasteiger partial charge in [-0.15, -0.1) is 11.3 Å². The number of rotatable bonds is 4. The fourth-order valence-electron chi connectivity index (χ4n) is 3.74. The second kappa shape index (κ2) is 9.39. The number of carbonyl (C=O) groups is 2. The zero-order valence-corrected chi connectivity index (χ0v) is 18.2. The molecule has 1 saturated heterocycles. The zero-order chi connectivity index (χ0) is 21.8. The van der Waals surface area contributed by atoms with Crippen LogP contribution >= 0.6 is 11.3 Å². The lowest BCUT2D eigenvalue weighted by Gasteiger charge is -2.22. The van der Waals surface area contributed by atoms with E-state index in [1.807, 2.05) is 30.5 Å². The van der Waals surface area contributed by atoms with Gasteiger partial charge >= 0.3 is 0 Å². The lowest BCUT2D eigenvalue weighted by atomic mass is 10.1. The fraction of sp³-hybridized carbons (Fsp3) is 0.292. The minimum Gasteiger partial charge on any atom is -0.341 e. The van der Waals surface area contributed by atoms with E-state index in [1.54, 1.807) is 21.9 Å². The number of amides is 2. The quantitative estimate of drug-likeness (QED) is 0.616. The Morgan fingerprint density at radius 2 is 1.81 bits per heavy atom. The number of thiazole rings is 1. The monoisotopic (exact) mass is 437 g/mol. The van der Waals surface area contributed by atoms with E-state index in [0.717, 1.165) is 16.3 Å². The van der Waals surface area contributed by atoms with Gasteiger partial charge in [-0.1, -0.05) is 35.9 Å². The first-order valence-electron chi connectivity index (χ1n) is 10.3. The molecule has 2 aromatic carbocycles. The summed E-state index contributed by atoms with van der Waals surface area (Å²) in [6.45, 7) is 3.96. The summed E-state index contributed by atoms with van der Waals surface area (Å²) in [6, 6.07) is 14.2. The van der Waals surface area contributed by atoms with Crippen LogP contribution in [0.4, 0.5) is 4.39 Å². The standard InChI is InChI=1S/C24H24FN3O2S/c1-17-6-4-7-18(14-17)23-26-19(16-31-23)15-22(29)27-10-5-11-28(13-12-27)24(30)20-8-2-3-9-21(20)25/h2-4,6-9,14,16H,5,10-13,15H2,1H3. The van der Waals surface area contributed by atoms with Gasteiger partial charge in [0.05, 0.1) is 17.7 Å².